The summed E-state index contributed by atoms with van der Waals surface area (Å²) in [4.78, 5) is 11.1. The quantitative estimate of drug-likeness (QED) is 0.831. The lowest BCUT2D eigenvalue weighted by Gasteiger charge is -2.11. The zero-order valence-corrected chi connectivity index (χ0v) is 9.45. The Bertz CT molecular complexity index is 556. The van der Waals surface area contributed by atoms with Gasteiger partial charge in [-0.05, 0) is 41.3 Å². The fourth-order valence-corrected chi connectivity index (χ4v) is 2.20. The van der Waals surface area contributed by atoms with Gasteiger partial charge in [-0.2, -0.15) is 0 Å². The van der Waals surface area contributed by atoms with Crippen molar-refractivity contribution < 1.29 is 9.90 Å². The first-order valence-corrected chi connectivity index (χ1v) is 5.39. The fourth-order valence-electron chi connectivity index (χ4n) is 2.20. The highest BCUT2D eigenvalue weighted by Crippen LogP contribution is 2.26. The minimum Gasteiger partial charge on any atom is -0.478 e. The Balaban J connectivity index is 2.88. The minimum absolute atomic E-state index is 0.413. The molecular weight excluding hydrogens is 200 g/mol. The van der Waals surface area contributed by atoms with Crippen LogP contribution >= 0.6 is 0 Å². The third-order valence-electron chi connectivity index (χ3n) is 3.03. The summed E-state index contributed by atoms with van der Waals surface area (Å²) in [5, 5.41) is 11.3. The standard InChI is InChI=1S/C14H14O2/c1-3-11-9(2)13(14(15)16)8-10-6-4-5-7-12(10)11/h4-8H,3H2,1-2H3,(H,15,16). The van der Waals surface area contributed by atoms with E-state index < -0.39 is 5.97 Å². The average molecular weight is 214 g/mol. The van der Waals surface area contributed by atoms with Gasteiger partial charge >= 0.3 is 5.97 Å². The van der Waals surface area contributed by atoms with Crippen LogP contribution in [0.1, 0.15) is 28.4 Å². The van der Waals surface area contributed by atoms with Crippen LogP contribution in [-0.4, -0.2) is 11.1 Å². The SMILES string of the molecule is CCc1c(C)c(C(=O)O)cc2ccccc12. The molecule has 0 bridgehead atoms. The molecular formula is C14H14O2. The third kappa shape index (κ3) is 1.56. The Kier molecular flexibility index (Phi) is 2.65. The van der Waals surface area contributed by atoms with Gasteiger partial charge in [0.25, 0.3) is 0 Å². The van der Waals surface area contributed by atoms with Crippen LogP contribution < -0.4 is 0 Å². The van der Waals surface area contributed by atoms with E-state index in [-0.39, 0.29) is 0 Å². The van der Waals surface area contributed by atoms with Crippen molar-refractivity contribution in [1.82, 2.24) is 0 Å². The van der Waals surface area contributed by atoms with E-state index in [9.17, 15) is 4.79 Å². The van der Waals surface area contributed by atoms with Crippen LogP contribution in [0.3, 0.4) is 0 Å². The first-order chi connectivity index (χ1) is 7.65. The highest BCUT2D eigenvalue weighted by Gasteiger charge is 2.12. The van der Waals surface area contributed by atoms with E-state index >= 15 is 0 Å². The topological polar surface area (TPSA) is 37.3 Å². The van der Waals surface area contributed by atoms with E-state index in [1.807, 2.05) is 31.2 Å². The summed E-state index contributed by atoms with van der Waals surface area (Å²) in [6, 6.07) is 9.68. The van der Waals surface area contributed by atoms with Crippen LogP contribution in [-0.2, 0) is 6.42 Å². The third-order valence-corrected chi connectivity index (χ3v) is 3.03. The molecule has 0 radical (unpaired) electrons. The number of carbonyl (C=O) groups is 1. The van der Waals surface area contributed by atoms with Crippen molar-refractivity contribution in [2.24, 2.45) is 0 Å². The molecule has 0 amide bonds. The Morgan fingerprint density at radius 1 is 1.31 bits per heavy atom. The minimum atomic E-state index is -0.849. The Labute approximate surface area is 94.5 Å². The van der Waals surface area contributed by atoms with Gasteiger partial charge in [-0.1, -0.05) is 31.2 Å². The summed E-state index contributed by atoms with van der Waals surface area (Å²) in [6.07, 6.45) is 0.855. The van der Waals surface area contributed by atoms with Gasteiger partial charge < -0.3 is 5.11 Å². The van der Waals surface area contributed by atoms with E-state index in [0.29, 0.717) is 5.56 Å². The molecule has 0 aromatic heterocycles. The number of benzene rings is 2. The number of aryl methyl sites for hydroxylation is 1. The zero-order chi connectivity index (χ0) is 11.7. The van der Waals surface area contributed by atoms with Crippen molar-refractivity contribution in [3.05, 3.63) is 47.0 Å². The fraction of sp³-hybridized carbons (Fsp3) is 0.214. The van der Waals surface area contributed by atoms with Gasteiger partial charge in [-0.15, -0.1) is 0 Å². The number of hydrogen-bond acceptors (Lipinski definition) is 1. The molecule has 16 heavy (non-hydrogen) atoms. The summed E-state index contributed by atoms with van der Waals surface area (Å²) < 4.78 is 0. The molecule has 1 N–H and O–H groups in total. The van der Waals surface area contributed by atoms with E-state index in [0.717, 1.165) is 28.3 Å². The molecule has 2 rings (SSSR count). The summed E-state index contributed by atoms with van der Waals surface area (Å²) in [7, 11) is 0. The number of hydrogen-bond donors (Lipinski definition) is 1. The van der Waals surface area contributed by atoms with E-state index in [2.05, 4.69) is 6.92 Å². The molecule has 0 saturated carbocycles. The molecule has 0 saturated heterocycles. The van der Waals surface area contributed by atoms with Gasteiger partial charge in [0, 0.05) is 0 Å². The summed E-state index contributed by atoms with van der Waals surface area (Å²) in [5.41, 5.74) is 2.43. The summed E-state index contributed by atoms with van der Waals surface area (Å²) >= 11 is 0. The summed E-state index contributed by atoms with van der Waals surface area (Å²) in [5.74, 6) is -0.849. The second-order valence-corrected chi connectivity index (χ2v) is 3.91. The summed E-state index contributed by atoms with van der Waals surface area (Å²) in [6.45, 7) is 3.94. The second-order valence-electron chi connectivity index (χ2n) is 3.91. The van der Waals surface area contributed by atoms with E-state index in [1.165, 1.54) is 0 Å². The molecule has 0 atom stereocenters. The normalized spacial score (nSPS) is 10.6. The maximum Gasteiger partial charge on any atom is 0.335 e. The molecule has 0 aliphatic rings. The monoisotopic (exact) mass is 214 g/mol. The van der Waals surface area contributed by atoms with Crippen molar-refractivity contribution in [3.8, 4) is 0 Å². The van der Waals surface area contributed by atoms with Gasteiger partial charge in [0.1, 0.15) is 0 Å². The van der Waals surface area contributed by atoms with E-state index in [4.69, 9.17) is 5.11 Å². The van der Waals surface area contributed by atoms with Crippen LogP contribution in [0.25, 0.3) is 10.8 Å². The van der Waals surface area contributed by atoms with Gasteiger partial charge in [0.2, 0.25) is 0 Å². The highest BCUT2D eigenvalue weighted by atomic mass is 16.4. The number of rotatable bonds is 2. The first kappa shape index (κ1) is 10.7. The van der Waals surface area contributed by atoms with Gasteiger partial charge in [-0.3, -0.25) is 0 Å². The van der Waals surface area contributed by atoms with Crippen molar-refractivity contribution in [1.29, 1.82) is 0 Å². The van der Waals surface area contributed by atoms with Crippen LogP contribution in [0.4, 0.5) is 0 Å². The maximum absolute atomic E-state index is 11.1. The molecule has 2 heteroatoms. The second kappa shape index (κ2) is 3.97. The molecule has 0 aliphatic heterocycles. The molecule has 82 valence electrons. The van der Waals surface area contributed by atoms with Gasteiger partial charge in [0.05, 0.1) is 5.56 Å². The van der Waals surface area contributed by atoms with Crippen LogP contribution in [0, 0.1) is 6.92 Å². The lowest BCUT2D eigenvalue weighted by atomic mass is 9.93. The number of carboxylic acid groups (broad SMARTS) is 1. The zero-order valence-electron chi connectivity index (χ0n) is 9.45. The Morgan fingerprint density at radius 3 is 2.62 bits per heavy atom. The highest BCUT2D eigenvalue weighted by molar-refractivity contribution is 5.98. The predicted molar refractivity (Wildman–Crippen MR) is 65.0 cm³/mol. The lowest BCUT2D eigenvalue weighted by molar-refractivity contribution is 0.0696. The first-order valence-electron chi connectivity index (χ1n) is 5.39. The van der Waals surface area contributed by atoms with Crippen LogP contribution in [0.15, 0.2) is 30.3 Å². The predicted octanol–water partition coefficient (Wildman–Crippen LogP) is 3.41. The van der Waals surface area contributed by atoms with Crippen molar-refractivity contribution in [2.45, 2.75) is 20.3 Å². The number of aromatic carboxylic acids is 1. The molecule has 2 aromatic rings. The Morgan fingerprint density at radius 2 is 2.00 bits per heavy atom. The van der Waals surface area contributed by atoms with Crippen molar-refractivity contribution in [2.75, 3.05) is 0 Å². The van der Waals surface area contributed by atoms with Crippen molar-refractivity contribution >= 4 is 16.7 Å². The van der Waals surface area contributed by atoms with Gasteiger partial charge in [0.15, 0.2) is 0 Å². The van der Waals surface area contributed by atoms with E-state index in [1.54, 1.807) is 6.07 Å². The number of fused-ring (bicyclic) bond motifs is 1. The smallest absolute Gasteiger partial charge is 0.335 e. The lowest BCUT2D eigenvalue weighted by Crippen LogP contribution is -2.03. The molecule has 0 spiro atoms. The average Bonchev–Trinajstić information content (AvgIpc) is 2.28. The molecule has 2 aromatic carbocycles. The molecule has 2 nitrogen and oxygen atoms in total. The maximum atomic E-state index is 11.1. The number of carboxylic acids is 1. The Hall–Kier alpha value is -1.83. The van der Waals surface area contributed by atoms with Gasteiger partial charge in [-0.25, -0.2) is 4.79 Å². The largest absolute Gasteiger partial charge is 0.478 e. The molecule has 0 fully saturated rings. The van der Waals surface area contributed by atoms with Crippen LogP contribution in [0.5, 0.6) is 0 Å². The van der Waals surface area contributed by atoms with Crippen molar-refractivity contribution in [3.63, 3.8) is 0 Å². The molecule has 0 aliphatic carbocycles. The molecule has 0 unspecified atom stereocenters. The van der Waals surface area contributed by atoms with Crippen LogP contribution in [0.2, 0.25) is 0 Å². The molecule has 0 heterocycles.